The van der Waals surface area contributed by atoms with Crippen molar-refractivity contribution < 1.29 is 24.9 Å². The van der Waals surface area contributed by atoms with Crippen molar-refractivity contribution in [3.05, 3.63) is 30.0 Å². The molecule has 0 aliphatic heterocycles. The van der Waals surface area contributed by atoms with Crippen LogP contribution in [-0.2, 0) is 16.0 Å². The van der Waals surface area contributed by atoms with E-state index in [-0.39, 0.29) is 0 Å². The second-order valence-corrected chi connectivity index (χ2v) is 4.71. The summed E-state index contributed by atoms with van der Waals surface area (Å²) in [6.45, 7) is 1.02. The van der Waals surface area contributed by atoms with Crippen LogP contribution in [-0.4, -0.2) is 57.8 Å². The minimum absolute atomic E-state index is 0.327. The Kier molecular flexibility index (Phi) is 5.74. The zero-order valence-corrected chi connectivity index (χ0v) is 11.8. The summed E-state index contributed by atoms with van der Waals surface area (Å²) in [5.74, 6) is -3.32. The van der Waals surface area contributed by atoms with E-state index in [0.717, 1.165) is 23.9 Å². The van der Waals surface area contributed by atoms with Crippen molar-refractivity contribution in [2.75, 3.05) is 20.6 Å². The lowest BCUT2D eigenvalue weighted by Gasteiger charge is -2.08. The fraction of sp³-hybridized carbons (Fsp3) is 0.286. The van der Waals surface area contributed by atoms with Gasteiger partial charge in [0.25, 0.3) is 0 Å². The summed E-state index contributed by atoms with van der Waals surface area (Å²) in [4.78, 5) is 23.6. The first kappa shape index (κ1) is 16.5. The van der Waals surface area contributed by atoms with Gasteiger partial charge in [0.05, 0.1) is 0 Å². The van der Waals surface area contributed by atoms with E-state index in [9.17, 15) is 5.11 Å². The highest BCUT2D eigenvalue weighted by Crippen LogP contribution is 2.23. The summed E-state index contributed by atoms with van der Waals surface area (Å²) in [6, 6.07) is 5.43. The quantitative estimate of drug-likeness (QED) is 0.631. The highest BCUT2D eigenvalue weighted by molar-refractivity contribution is 6.27. The van der Waals surface area contributed by atoms with Crippen LogP contribution in [0.15, 0.2) is 24.4 Å². The van der Waals surface area contributed by atoms with Gasteiger partial charge in [0.2, 0.25) is 0 Å². The molecule has 0 saturated carbocycles. The van der Waals surface area contributed by atoms with Crippen LogP contribution < -0.4 is 0 Å². The predicted octanol–water partition coefficient (Wildman–Crippen LogP) is 1.13. The Labute approximate surface area is 121 Å². The fourth-order valence-corrected chi connectivity index (χ4v) is 1.72. The zero-order valence-electron chi connectivity index (χ0n) is 11.8. The van der Waals surface area contributed by atoms with Gasteiger partial charge in [-0.15, -0.1) is 0 Å². The molecule has 0 radical (unpaired) electrons. The third-order valence-electron chi connectivity index (χ3n) is 2.76. The van der Waals surface area contributed by atoms with E-state index >= 15 is 0 Å². The largest absolute Gasteiger partial charge is 0.508 e. The second kappa shape index (κ2) is 7.30. The van der Waals surface area contributed by atoms with Crippen molar-refractivity contribution in [3.8, 4) is 5.75 Å². The molecule has 0 unspecified atom stereocenters. The van der Waals surface area contributed by atoms with Gasteiger partial charge in [-0.1, -0.05) is 0 Å². The number of H-pyrrole nitrogens is 1. The molecule has 0 bridgehead atoms. The number of aliphatic carboxylic acids is 2. The molecule has 0 fully saturated rings. The van der Waals surface area contributed by atoms with Crippen molar-refractivity contribution in [1.29, 1.82) is 0 Å². The molecular formula is C14H18N2O5. The number of benzene rings is 1. The highest BCUT2D eigenvalue weighted by Gasteiger charge is 2.05. The van der Waals surface area contributed by atoms with E-state index in [1.165, 1.54) is 5.56 Å². The highest BCUT2D eigenvalue weighted by atomic mass is 16.4. The zero-order chi connectivity index (χ0) is 16.0. The summed E-state index contributed by atoms with van der Waals surface area (Å²) in [6.07, 6.45) is 3.02. The molecule has 1 aromatic heterocycles. The molecular weight excluding hydrogens is 276 g/mol. The van der Waals surface area contributed by atoms with Crippen LogP contribution >= 0.6 is 0 Å². The second-order valence-electron chi connectivity index (χ2n) is 4.71. The van der Waals surface area contributed by atoms with Crippen LogP contribution in [0.25, 0.3) is 10.9 Å². The maximum atomic E-state index is 9.43. The van der Waals surface area contributed by atoms with Crippen molar-refractivity contribution in [2.45, 2.75) is 6.42 Å². The molecule has 0 aliphatic rings. The fourth-order valence-electron chi connectivity index (χ4n) is 1.72. The van der Waals surface area contributed by atoms with E-state index in [2.05, 4.69) is 24.0 Å². The Bertz CT molecular complexity index is 621. The average Bonchev–Trinajstić information content (AvgIpc) is 2.79. The topological polar surface area (TPSA) is 114 Å². The van der Waals surface area contributed by atoms with Crippen LogP contribution in [0.2, 0.25) is 0 Å². The number of hydrogen-bond donors (Lipinski definition) is 4. The molecule has 0 aliphatic carbocycles. The number of fused-ring (bicyclic) bond motifs is 1. The lowest BCUT2D eigenvalue weighted by atomic mass is 10.1. The average molecular weight is 294 g/mol. The van der Waals surface area contributed by atoms with Crippen LogP contribution in [0.3, 0.4) is 0 Å². The smallest absolute Gasteiger partial charge is 0.414 e. The Balaban J connectivity index is 0.000000315. The van der Waals surface area contributed by atoms with Gasteiger partial charge in [0.15, 0.2) is 0 Å². The summed E-state index contributed by atoms with van der Waals surface area (Å²) in [5.41, 5.74) is 2.34. The number of phenolic OH excluding ortho intramolecular Hbond substituents is 1. The van der Waals surface area contributed by atoms with Crippen molar-refractivity contribution in [2.24, 2.45) is 0 Å². The molecule has 0 amide bonds. The predicted molar refractivity (Wildman–Crippen MR) is 77.5 cm³/mol. The number of phenols is 1. The molecule has 2 rings (SSSR count). The van der Waals surface area contributed by atoms with Gasteiger partial charge in [-0.25, -0.2) is 9.59 Å². The Morgan fingerprint density at radius 3 is 2.33 bits per heavy atom. The van der Waals surface area contributed by atoms with Crippen molar-refractivity contribution in [3.63, 3.8) is 0 Å². The minimum atomic E-state index is -1.82. The Morgan fingerprint density at radius 1 is 1.19 bits per heavy atom. The maximum Gasteiger partial charge on any atom is 0.414 e. The third kappa shape index (κ3) is 5.15. The number of carbonyl (C=O) groups is 2. The van der Waals surface area contributed by atoms with Gasteiger partial charge in [0, 0.05) is 23.6 Å². The number of aromatic hydroxyl groups is 1. The van der Waals surface area contributed by atoms with Gasteiger partial charge in [-0.2, -0.15) is 0 Å². The number of likely N-dealkylation sites (N-methyl/N-ethyl adjacent to an activating group) is 1. The Morgan fingerprint density at radius 2 is 1.81 bits per heavy atom. The molecule has 1 heterocycles. The number of rotatable bonds is 3. The Hall–Kier alpha value is -2.54. The molecule has 21 heavy (non-hydrogen) atoms. The first-order chi connectivity index (χ1) is 9.81. The molecule has 114 valence electrons. The van der Waals surface area contributed by atoms with E-state index < -0.39 is 11.9 Å². The van der Waals surface area contributed by atoms with Gasteiger partial charge in [-0.3, -0.25) is 0 Å². The van der Waals surface area contributed by atoms with Crippen molar-refractivity contribution >= 4 is 22.8 Å². The number of carboxylic acids is 2. The van der Waals surface area contributed by atoms with E-state index in [1.807, 2.05) is 18.3 Å². The first-order valence-electron chi connectivity index (χ1n) is 6.21. The standard InChI is InChI=1S/C12H16N2O.C2H2O4/c1-14(2)6-5-9-8-13-12-4-3-10(15)7-11(9)12;3-1(4)2(5)6/h3-4,7-8,13,15H,5-6H2,1-2H3;(H,3,4)(H,5,6). The summed E-state index contributed by atoms with van der Waals surface area (Å²) < 4.78 is 0. The SMILES string of the molecule is CN(C)CCc1c[nH]c2ccc(O)cc12.O=C(O)C(=O)O. The number of carboxylic acid groups (broad SMARTS) is 2. The lowest BCUT2D eigenvalue weighted by molar-refractivity contribution is -0.159. The van der Waals surface area contributed by atoms with Crippen molar-refractivity contribution in [1.82, 2.24) is 9.88 Å². The van der Waals surface area contributed by atoms with Gasteiger partial charge in [0.1, 0.15) is 5.75 Å². The molecule has 2 aromatic rings. The van der Waals surface area contributed by atoms with Crippen LogP contribution in [0.4, 0.5) is 0 Å². The van der Waals surface area contributed by atoms with E-state index in [0.29, 0.717) is 5.75 Å². The minimum Gasteiger partial charge on any atom is -0.508 e. The molecule has 7 heteroatoms. The number of aromatic nitrogens is 1. The lowest BCUT2D eigenvalue weighted by Crippen LogP contribution is -2.14. The molecule has 0 saturated heterocycles. The number of aromatic amines is 1. The molecule has 0 atom stereocenters. The van der Waals surface area contributed by atoms with Crippen LogP contribution in [0, 0.1) is 0 Å². The number of hydrogen-bond acceptors (Lipinski definition) is 4. The van der Waals surface area contributed by atoms with Gasteiger partial charge >= 0.3 is 11.9 Å². The monoisotopic (exact) mass is 294 g/mol. The van der Waals surface area contributed by atoms with Gasteiger partial charge < -0.3 is 25.2 Å². The molecule has 0 spiro atoms. The summed E-state index contributed by atoms with van der Waals surface area (Å²) in [7, 11) is 4.12. The summed E-state index contributed by atoms with van der Waals surface area (Å²) >= 11 is 0. The summed E-state index contributed by atoms with van der Waals surface area (Å²) in [5, 5.41) is 25.3. The molecule has 4 N–H and O–H groups in total. The molecule has 7 nitrogen and oxygen atoms in total. The van der Waals surface area contributed by atoms with Gasteiger partial charge in [-0.05, 0) is 44.3 Å². The third-order valence-corrected chi connectivity index (χ3v) is 2.76. The molecule has 1 aromatic carbocycles. The van der Waals surface area contributed by atoms with E-state index in [1.54, 1.807) is 6.07 Å². The maximum absolute atomic E-state index is 9.43. The van der Waals surface area contributed by atoms with Crippen LogP contribution in [0.5, 0.6) is 5.75 Å². The van der Waals surface area contributed by atoms with E-state index in [4.69, 9.17) is 19.8 Å². The number of nitrogens with zero attached hydrogens (tertiary/aromatic N) is 1. The number of nitrogens with one attached hydrogen (secondary N) is 1. The first-order valence-corrected chi connectivity index (χ1v) is 6.21. The van der Waals surface area contributed by atoms with Crippen LogP contribution in [0.1, 0.15) is 5.56 Å². The normalized spacial score (nSPS) is 10.2.